The lowest BCUT2D eigenvalue weighted by Gasteiger charge is -2.08. The number of halogens is 1. The molecule has 21 heavy (non-hydrogen) atoms. The van der Waals surface area contributed by atoms with Crippen LogP contribution in [0.3, 0.4) is 0 Å². The third-order valence-corrected chi connectivity index (χ3v) is 3.65. The third kappa shape index (κ3) is 2.31. The molecule has 3 aromatic heterocycles. The standard InChI is InChI=1S/C13H18ClN7/c1-5-9-11-13(20(4)17-9)21(12(16-11)8(2)14)6-10-15-7-19(3)18-10/h7-8H,5-6H2,1-4H3. The Morgan fingerprint density at radius 2 is 2.05 bits per heavy atom. The number of aryl methyl sites for hydroxylation is 3. The summed E-state index contributed by atoms with van der Waals surface area (Å²) >= 11 is 6.30. The summed E-state index contributed by atoms with van der Waals surface area (Å²) in [7, 11) is 3.78. The van der Waals surface area contributed by atoms with E-state index in [2.05, 4.69) is 26.7 Å². The minimum absolute atomic E-state index is 0.189. The van der Waals surface area contributed by atoms with Crippen LogP contribution in [0.1, 0.15) is 36.6 Å². The summed E-state index contributed by atoms with van der Waals surface area (Å²) in [4.78, 5) is 8.98. The van der Waals surface area contributed by atoms with Crippen LogP contribution in [-0.4, -0.2) is 34.1 Å². The van der Waals surface area contributed by atoms with E-state index in [1.807, 2.05) is 25.7 Å². The number of hydrogen-bond acceptors (Lipinski definition) is 4. The Morgan fingerprint density at radius 1 is 1.29 bits per heavy atom. The van der Waals surface area contributed by atoms with Gasteiger partial charge < -0.3 is 4.57 Å². The van der Waals surface area contributed by atoms with Crippen LogP contribution in [0.5, 0.6) is 0 Å². The number of fused-ring (bicyclic) bond motifs is 1. The SMILES string of the molecule is CCc1nn(C)c2c1nc(C(C)Cl)n2Cc1ncn(C)n1. The quantitative estimate of drug-likeness (QED) is 0.689. The van der Waals surface area contributed by atoms with Crippen molar-refractivity contribution < 1.29 is 0 Å². The van der Waals surface area contributed by atoms with Crippen molar-refractivity contribution in [2.45, 2.75) is 32.2 Å². The number of imidazole rings is 1. The summed E-state index contributed by atoms with van der Waals surface area (Å²) in [6.45, 7) is 4.53. The molecular formula is C13H18ClN7. The van der Waals surface area contributed by atoms with E-state index in [-0.39, 0.29) is 5.38 Å². The fraction of sp³-hybridized carbons (Fsp3) is 0.538. The van der Waals surface area contributed by atoms with Gasteiger partial charge in [-0.15, -0.1) is 11.6 Å². The van der Waals surface area contributed by atoms with Crippen molar-refractivity contribution >= 4 is 22.8 Å². The van der Waals surface area contributed by atoms with E-state index in [1.165, 1.54) is 0 Å². The molecule has 3 heterocycles. The first-order valence-corrected chi connectivity index (χ1v) is 7.35. The maximum absolute atomic E-state index is 6.30. The van der Waals surface area contributed by atoms with Gasteiger partial charge in [0.25, 0.3) is 0 Å². The zero-order valence-electron chi connectivity index (χ0n) is 12.6. The van der Waals surface area contributed by atoms with Crippen molar-refractivity contribution in [1.82, 2.24) is 34.1 Å². The van der Waals surface area contributed by atoms with Gasteiger partial charge in [-0.2, -0.15) is 10.2 Å². The summed E-state index contributed by atoms with van der Waals surface area (Å²) in [5.41, 5.74) is 2.86. The highest BCUT2D eigenvalue weighted by atomic mass is 35.5. The van der Waals surface area contributed by atoms with Crippen molar-refractivity contribution in [3.63, 3.8) is 0 Å². The first-order valence-electron chi connectivity index (χ1n) is 6.91. The van der Waals surface area contributed by atoms with Gasteiger partial charge in [-0.1, -0.05) is 6.92 Å². The predicted octanol–water partition coefficient (Wildman–Crippen LogP) is 1.81. The van der Waals surface area contributed by atoms with Crippen molar-refractivity contribution in [3.05, 3.63) is 23.7 Å². The average molecular weight is 308 g/mol. The minimum Gasteiger partial charge on any atom is -0.304 e. The second-order valence-corrected chi connectivity index (χ2v) is 5.76. The van der Waals surface area contributed by atoms with Crippen LogP contribution in [0.4, 0.5) is 0 Å². The van der Waals surface area contributed by atoms with Crippen LogP contribution in [0.15, 0.2) is 6.33 Å². The zero-order chi connectivity index (χ0) is 15.1. The second-order valence-electron chi connectivity index (χ2n) is 5.10. The number of nitrogens with zero attached hydrogens (tertiary/aromatic N) is 7. The molecule has 1 unspecified atom stereocenters. The van der Waals surface area contributed by atoms with Crippen LogP contribution in [0.2, 0.25) is 0 Å². The molecule has 0 radical (unpaired) electrons. The first-order chi connectivity index (χ1) is 10.0. The molecule has 7 nitrogen and oxygen atoms in total. The molecule has 0 amide bonds. The first kappa shape index (κ1) is 14.1. The van der Waals surface area contributed by atoms with Gasteiger partial charge in [-0.3, -0.25) is 9.36 Å². The van der Waals surface area contributed by atoms with Gasteiger partial charge in [0, 0.05) is 14.1 Å². The molecule has 3 rings (SSSR count). The van der Waals surface area contributed by atoms with Crippen molar-refractivity contribution in [3.8, 4) is 0 Å². The smallest absolute Gasteiger partial charge is 0.170 e. The Bertz CT molecular complexity index is 780. The van der Waals surface area contributed by atoms with Gasteiger partial charge in [0.1, 0.15) is 17.7 Å². The lowest BCUT2D eigenvalue weighted by Crippen LogP contribution is -2.10. The highest BCUT2D eigenvalue weighted by Gasteiger charge is 2.21. The van der Waals surface area contributed by atoms with Crippen LogP contribution in [-0.2, 0) is 27.1 Å². The summed E-state index contributed by atoms with van der Waals surface area (Å²) in [5.74, 6) is 1.55. The van der Waals surface area contributed by atoms with Gasteiger partial charge in [0.15, 0.2) is 11.5 Å². The van der Waals surface area contributed by atoms with E-state index in [0.29, 0.717) is 6.54 Å². The summed E-state index contributed by atoms with van der Waals surface area (Å²) in [6.07, 6.45) is 2.53. The number of aromatic nitrogens is 7. The fourth-order valence-corrected chi connectivity index (χ4v) is 2.72. The molecule has 0 aliphatic heterocycles. The minimum atomic E-state index is -0.189. The molecule has 0 saturated heterocycles. The second kappa shape index (κ2) is 5.14. The molecule has 1 atom stereocenters. The molecular weight excluding hydrogens is 290 g/mol. The van der Waals surface area contributed by atoms with E-state index in [4.69, 9.17) is 16.6 Å². The van der Waals surface area contributed by atoms with E-state index < -0.39 is 0 Å². The van der Waals surface area contributed by atoms with Crippen LogP contribution < -0.4 is 0 Å². The molecule has 0 spiro atoms. The molecule has 3 aromatic rings. The monoisotopic (exact) mass is 307 g/mol. The predicted molar refractivity (Wildman–Crippen MR) is 80.3 cm³/mol. The Labute approximate surface area is 127 Å². The largest absolute Gasteiger partial charge is 0.304 e. The van der Waals surface area contributed by atoms with Crippen molar-refractivity contribution in [2.24, 2.45) is 14.1 Å². The lowest BCUT2D eigenvalue weighted by molar-refractivity contribution is 0.654. The van der Waals surface area contributed by atoms with Gasteiger partial charge in [0.2, 0.25) is 0 Å². The number of alkyl halides is 1. The average Bonchev–Trinajstić information content (AvgIpc) is 3.07. The summed E-state index contributed by atoms with van der Waals surface area (Å²) in [6, 6.07) is 0. The van der Waals surface area contributed by atoms with E-state index in [9.17, 15) is 0 Å². The van der Waals surface area contributed by atoms with Gasteiger partial charge in [-0.05, 0) is 13.3 Å². The Balaban J connectivity index is 2.18. The number of rotatable bonds is 4. The highest BCUT2D eigenvalue weighted by Crippen LogP contribution is 2.27. The Hall–Kier alpha value is -1.89. The van der Waals surface area contributed by atoms with Crippen LogP contribution in [0.25, 0.3) is 11.2 Å². The van der Waals surface area contributed by atoms with Crippen molar-refractivity contribution in [2.75, 3.05) is 0 Å². The molecule has 0 aromatic carbocycles. The summed E-state index contributed by atoms with van der Waals surface area (Å²) < 4.78 is 5.59. The molecule has 0 aliphatic rings. The maximum atomic E-state index is 6.30. The normalized spacial score (nSPS) is 13.2. The molecule has 112 valence electrons. The van der Waals surface area contributed by atoms with E-state index >= 15 is 0 Å². The van der Waals surface area contributed by atoms with E-state index in [1.54, 1.807) is 11.0 Å². The Kier molecular flexibility index (Phi) is 3.44. The third-order valence-electron chi connectivity index (χ3n) is 3.46. The highest BCUT2D eigenvalue weighted by molar-refractivity contribution is 6.20. The van der Waals surface area contributed by atoms with Gasteiger partial charge in [-0.25, -0.2) is 9.97 Å². The van der Waals surface area contributed by atoms with Gasteiger partial charge >= 0.3 is 0 Å². The maximum Gasteiger partial charge on any atom is 0.170 e. The zero-order valence-corrected chi connectivity index (χ0v) is 13.3. The Morgan fingerprint density at radius 3 is 2.62 bits per heavy atom. The van der Waals surface area contributed by atoms with Crippen LogP contribution in [0, 0.1) is 0 Å². The molecule has 0 saturated carbocycles. The van der Waals surface area contributed by atoms with Crippen molar-refractivity contribution in [1.29, 1.82) is 0 Å². The van der Waals surface area contributed by atoms with Crippen LogP contribution >= 0.6 is 11.6 Å². The molecule has 0 N–H and O–H groups in total. The summed E-state index contributed by atoms with van der Waals surface area (Å²) in [5, 5.41) is 8.66. The molecule has 0 aliphatic carbocycles. The topological polar surface area (TPSA) is 66.3 Å². The fourth-order valence-electron chi connectivity index (χ4n) is 2.55. The molecule has 8 heteroatoms. The lowest BCUT2D eigenvalue weighted by atomic mass is 10.3. The van der Waals surface area contributed by atoms with E-state index in [0.717, 1.165) is 34.9 Å². The molecule has 0 fully saturated rings. The molecule has 0 bridgehead atoms. The number of hydrogen-bond donors (Lipinski definition) is 0. The van der Waals surface area contributed by atoms with Gasteiger partial charge in [0.05, 0.1) is 17.6 Å².